The van der Waals surface area contributed by atoms with Crippen molar-refractivity contribution in [1.29, 1.82) is 0 Å². The summed E-state index contributed by atoms with van der Waals surface area (Å²) in [5, 5.41) is 2.50. The van der Waals surface area contributed by atoms with Gasteiger partial charge in [0, 0.05) is 72.5 Å². The second-order valence-corrected chi connectivity index (χ2v) is 0.200. The predicted molar refractivity (Wildman–Crippen MR) is 27.1 cm³/mol. The average Bonchev–Trinajstić information content (AvgIpc) is 1.46. The van der Waals surface area contributed by atoms with Gasteiger partial charge in [-0.3, -0.25) is 0 Å². The van der Waals surface area contributed by atoms with Crippen LogP contribution in [0.2, 0.25) is 0 Å². The summed E-state index contributed by atoms with van der Waals surface area (Å²) in [4.78, 5) is 0. The number of nitrogens with two attached hydrogens (primary N) is 2. The molecule has 4 N–H and O–H groups in total. The molecule has 0 amide bonds. The van der Waals surface area contributed by atoms with Gasteiger partial charge < -0.3 is 22.5 Å². The van der Waals surface area contributed by atoms with Gasteiger partial charge in [0.05, 0.1) is 0 Å². The van der Waals surface area contributed by atoms with Crippen molar-refractivity contribution in [2.75, 3.05) is 14.1 Å². The van der Waals surface area contributed by atoms with Crippen LogP contribution >= 0.6 is 0 Å². The van der Waals surface area contributed by atoms with Gasteiger partial charge in [-0.05, 0) is 7.05 Å². The Kier molecular flexibility index (Phi) is 290. The first-order valence-corrected chi connectivity index (χ1v) is 1.22. The van der Waals surface area contributed by atoms with Crippen LogP contribution in [0.3, 0.4) is 0 Å². The van der Waals surface area contributed by atoms with Crippen molar-refractivity contribution in [2.24, 2.45) is 10.8 Å². The van der Waals surface area contributed by atoms with Crippen LogP contribution < -0.4 is 5.73 Å². The minimum atomic E-state index is 0. The van der Waals surface area contributed by atoms with E-state index in [-0.39, 0.29) is 71.6 Å². The Morgan fingerprint density at radius 2 is 1.25 bits per heavy atom. The summed E-state index contributed by atoms with van der Waals surface area (Å²) < 4.78 is 0. The van der Waals surface area contributed by atoms with Gasteiger partial charge in [-0.15, -0.1) is 0 Å². The van der Waals surface area contributed by atoms with E-state index in [1.165, 1.54) is 14.1 Å². The fraction of sp³-hybridized carbons (Fsp3) is 1.00. The molecule has 0 aromatic rings. The molecule has 0 aliphatic rings. The molecule has 0 fully saturated rings. The van der Waals surface area contributed by atoms with Gasteiger partial charge in [0.2, 0.25) is 0 Å². The first kappa shape index (κ1) is 33.2. The second kappa shape index (κ2) is 70.0. The quantitative estimate of drug-likeness (QED) is 0.650. The zero-order chi connectivity index (χ0) is 4.71. The van der Waals surface area contributed by atoms with Crippen molar-refractivity contribution in [3.8, 4) is 0 Å². The molecule has 0 rings (SSSR count). The third-order valence-electron chi connectivity index (χ3n) is 0. The Labute approximate surface area is 101 Å². The Bertz CT molecular complexity index is 19.5. The Morgan fingerprint density at radius 1 is 1.25 bits per heavy atom. The predicted octanol–water partition coefficient (Wildman–Crippen LogP) is 0.925. The SMILES string of the molecule is CN.CN=[N-].[NH2-].[Y].[Y]. The molecule has 0 spiro atoms. The van der Waals surface area contributed by atoms with E-state index in [1.54, 1.807) is 0 Å². The summed E-state index contributed by atoms with van der Waals surface area (Å²) in [6.07, 6.45) is 0. The van der Waals surface area contributed by atoms with Crippen LogP contribution in [0.5, 0.6) is 0 Å². The third kappa shape index (κ3) is 117. The van der Waals surface area contributed by atoms with Crippen LogP contribution in [0.15, 0.2) is 5.11 Å². The molecule has 0 saturated carbocycles. The summed E-state index contributed by atoms with van der Waals surface area (Å²) in [7, 11) is 2.81. The normalized spacial score (nSPS) is 2.38. The molecule has 6 heteroatoms. The first-order chi connectivity index (χ1) is 2.41. The largest absolute Gasteiger partial charge is 0.712 e. The van der Waals surface area contributed by atoms with Gasteiger partial charge in [-0.1, -0.05) is 0 Å². The van der Waals surface area contributed by atoms with Gasteiger partial charge in [-0.25, -0.2) is 0 Å². The summed E-state index contributed by atoms with van der Waals surface area (Å²) >= 11 is 0. The van der Waals surface area contributed by atoms with E-state index in [1.807, 2.05) is 0 Å². The summed E-state index contributed by atoms with van der Waals surface area (Å²) in [5.74, 6) is 0. The minimum Gasteiger partial charge on any atom is -0.712 e. The number of hydrogen-bond acceptors (Lipinski definition) is 2. The van der Waals surface area contributed by atoms with Crippen LogP contribution in [0, 0.1) is 0 Å². The molecule has 4 nitrogen and oxygen atoms in total. The standard InChI is InChI=1S/CH3N2.CH5N.H2N.2Y/c1-3-2;1-2;;;/h1H3;2H2,1H3;1H2;;/q-1;;-1;;. The molecule has 0 heterocycles. The van der Waals surface area contributed by atoms with Gasteiger partial charge in [0.25, 0.3) is 0 Å². The molecular formula is C2H10N4Y2-2. The van der Waals surface area contributed by atoms with E-state index in [4.69, 9.17) is 5.53 Å². The summed E-state index contributed by atoms with van der Waals surface area (Å²) in [6, 6.07) is 0. The molecule has 0 aliphatic carbocycles. The zero-order valence-corrected chi connectivity index (χ0v) is 10.9. The fourth-order valence-corrected chi connectivity index (χ4v) is 0. The Balaban J connectivity index is -0.00000000567. The van der Waals surface area contributed by atoms with Crippen LogP contribution in [0.1, 0.15) is 0 Å². The van der Waals surface area contributed by atoms with Crippen molar-refractivity contribution in [1.82, 2.24) is 0 Å². The van der Waals surface area contributed by atoms with E-state index in [0.29, 0.717) is 0 Å². The molecule has 0 saturated heterocycles. The molecule has 0 aliphatic heterocycles. The topological polar surface area (TPSA) is 94.2 Å². The number of rotatable bonds is 0. The fourth-order valence-electron chi connectivity index (χ4n) is 0. The smallest absolute Gasteiger partial charge is 0.00381 e. The van der Waals surface area contributed by atoms with Crippen molar-refractivity contribution in [3.63, 3.8) is 0 Å². The maximum absolute atomic E-state index is 7.19. The minimum absolute atomic E-state index is 0. The molecule has 0 aromatic heterocycles. The van der Waals surface area contributed by atoms with Gasteiger partial charge in [0.1, 0.15) is 0 Å². The van der Waals surface area contributed by atoms with Crippen LogP contribution in [-0.4, -0.2) is 14.1 Å². The van der Waals surface area contributed by atoms with Gasteiger partial charge in [-0.2, -0.15) is 0 Å². The summed E-state index contributed by atoms with van der Waals surface area (Å²) in [6.45, 7) is 0. The van der Waals surface area contributed by atoms with Crippen LogP contribution in [0.4, 0.5) is 0 Å². The molecule has 0 unspecified atom stereocenters. The van der Waals surface area contributed by atoms with Gasteiger partial charge in [0.15, 0.2) is 0 Å². The summed E-state index contributed by atoms with van der Waals surface area (Å²) in [5.41, 5.74) is 11.7. The third-order valence-corrected chi connectivity index (χ3v) is 0. The van der Waals surface area contributed by atoms with E-state index in [2.05, 4.69) is 10.8 Å². The maximum atomic E-state index is 7.19. The molecule has 46 valence electrons. The first-order valence-electron chi connectivity index (χ1n) is 1.22. The van der Waals surface area contributed by atoms with E-state index in [9.17, 15) is 0 Å². The van der Waals surface area contributed by atoms with E-state index >= 15 is 0 Å². The average molecular weight is 268 g/mol. The number of hydrogen-bond donors (Lipinski definition) is 1. The van der Waals surface area contributed by atoms with E-state index < -0.39 is 0 Å². The molecule has 0 bridgehead atoms. The molecule has 0 atom stereocenters. The Hall–Kier alpha value is 1.73. The van der Waals surface area contributed by atoms with Crippen LogP contribution in [0.25, 0.3) is 11.7 Å². The molecule has 8 heavy (non-hydrogen) atoms. The molecule has 0 aromatic carbocycles. The van der Waals surface area contributed by atoms with Crippen molar-refractivity contribution < 1.29 is 65.4 Å². The second-order valence-electron chi connectivity index (χ2n) is 0.200. The van der Waals surface area contributed by atoms with Crippen LogP contribution in [-0.2, 0) is 65.4 Å². The Morgan fingerprint density at radius 3 is 1.25 bits per heavy atom. The number of nitrogens with zero attached hydrogens (tertiary/aromatic N) is 2. The maximum Gasteiger partial charge on any atom is 0.00381 e. The van der Waals surface area contributed by atoms with E-state index in [0.717, 1.165) is 0 Å². The van der Waals surface area contributed by atoms with Crippen molar-refractivity contribution in [2.45, 2.75) is 0 Å². The van der Waals surface area contributed by atoms with Crippen molar-refractivity contribution >= 4 is 0 Å². The molecular weight excluding hydrogens is 258 g/mol. The van der Waals surface area contributed by atoms with Gasteiger partial charge >= 0.3 is 0 Å². The monoisotopic (exact) mass is 268 g/mol. The molecule has 2 radical (unpaired) electrons. The van der Waals surface area contributed by atoms with Crippen molar-refractivity contribution in [3.05, 3.63) is 11.7 Å². The zero-order valence-electron chi connectivity index (χ0n) is 5.20.